The molecule has 94 valence electrons. The van der Waals surface area contributed by atoms with E-state index in [1.165, 1.54) is 32.1 Å². The highest BCUT2D eigenvalue weighted by Gasteiger charge is 2.27. The summed E-state index contributed by atoms with van der Waals surface area (Å²) < 4.78 is 0. The summed E-state index contributed by atoms with van der Waals surface area (Å²) in [6, 6.07) is 0. The minimum atomic E-state index is -0.130. The topological polar surface area (TPSA) is 20.3 Å². The van der Waals surface area contributed by atoms with Gasteiger partial charge in [0.15, 0.2) is 0 Å². The van der Waals surface area contributed by atoms with Crippen LogP contribution in [0.5, 0.6) is 0 Å². The Morgan fingerprint density at radius 3 is 2.44 bits per heavy atom. The molecule has 0 aromatic rings. The van der Waals surface area contributed by atoms with E-state index < -0.39 is 0 Å². The van der Waals surface area contributed by atoms with Crippen LogP contribution in [0.15, 0.2) is 0 Å². The Hall–Kier alpha value is -0.370. The molecule has 16 heavy (non-hydrogen) atoms. The molecule has 0 aromatic heterocycles. The first kappa shape index (κ1) is 13.7. The van der Waals surface area contributed by atoms with Crippen molar-refractivity contribution in [2.45, 2.75) is 52.9 Å². The lowest BCUT2D eigenvalue weighted by atomic mass is 9.83. The third-order valence-electron chi connectivity index (χ3n) is 3.88. The van der Waals surface area contributed by atoms with Crippen molar-refractivity contribution in [3.05, 3.63) is 0 Å². The number of aldehydes is 1. The average Bonchev–Trinajstić information content (AvgIpc) is 2.22. The van der Waals surface area contributed by atoms with E-state index in [0.29, 0.717) is 0 Å². The Morgan fingerprint density at radius 1 is 1.38 bits per heavy atom. The first-order valence-electron chi connectivity index (χ1n) is 6.82. The second-order valence-corrected chi connectivity index (χ2v) is 5.65. The molecule has 0 N–H and O–H groups in total. The minimum Gasteiger partial charge on any atom is -0.303 e. The summed E-state index contributed by atoms with van der Waals surface area (Å²) in [6.45, 7) is 9.68. The predicted octanol–water partition coefficient (Wildman–Crippen LogP) is 3.11. The normalized spacial score (nSPS) is 20.5. The number of rotatable bonds is 8. The van der Waals surface area contributed by atoms with Gasteiger partial charge in [0, 0.05) is 18.5 Å². The molecule has 0 amide bonds. The van der Waals surface area contributed by atoms with Crippen molar-refractivity contribution < 1.29 is 4.79 Å². The smallest absolute Gasteiger partial charge is 0.127 e. The van der Waals surface area contributed by atoms with Crippen LogP contribution in [0.2, 0.25) is 0 Å². The van der Waals surface area contributed by atoms with E-state index >= 15 is 0 Å². The summed E-state index contributed by atoms with van der Waals surface area (Å²) in [7, 11) is 0. The van der Waals surface area contributed by atoms with Crippen molar-refractivity contribution in [3.8, 4) is 0 Å². The Bertz CT molecular complexity index is 213. The molecular weight excluding hydrogens is 198 g/mol. The highest BCUT2D eigenvalue weighted by atomic mass is 16.1. The van der Waals surface area contributed by atoms with Crippen molar-refractivity contribution in [1.29, 1.82) is 0 Å². The van der Waals surface area contributed by atoms with Crippen LogP contribution >= 0.6 is 0 Å². The van der Waals surface area contributed by atoms with Crippen molar-refractivity contribution in [3.63, 3.8) is 0 Å². The summed E-state index contributed by atoms with van der Waals surface area (Å²) in [6.07, 6.45) is 7.46. The Balaban J connectivity index is 2.42. The van der Waals surface area contributed by atoms with Gasteiger partial charge in [-0.05, 0) is 31.7 Å². The molecule has 2 heteroatoms. The fourth-order valence-electron chi connectivity index (χ4n) is 2.60. The second kappa shape index (κ2) is 6.39. The molecule has 0 saturated heterocycles. The van der Waals surface area contributed by atoms with Gasteiger partial charge in [0.25, 0.3) is 0 Å². The summed E-state index contributed by atoms with van der Waals surface area (Å²) in [5.74, 6) is 0.900. The summed E-state index contributed by atoms with van der Waals surface area (Å²) in [5.41, 5.74) is -0.130. The molecule has 0 heterocycles. The molecule has 0 spiro atoms. The molecule has 1 unspecified atom stereocenters. The van der Waals surface area contributed by atoms with Crippen LogP contribution < -0.4 is 0 Å². The maximum atomic E-state index is 11.2. The molecule has 2 nitrogen and oxygen atoms in total. The first-order chi connectivity index (χ1) is 7.63. The van der Waals surface area contributed by atoms with Gasteiger partial charge in [0.05, 0.1) is 0 Å². The zero-order valence-electron chi connectivity index (χ0n) is 11.2. The quantitative estimate of drug-likeness (QED) is 0.592. The number of carbonyl (C=O) groups is 1. The molecular formula is C14H27NO. The van der Waals surface area contributed by atoms with E-state index in [9.17, 15) is 4.79 Å². The molecule has 1 fully saturated rings. The summed E-state index contributed by atoms with van der Waals surface area (Å²) in [4.78, 5) is 13.7. The van der Waals surface area contributed by atoms with Crippen molar-refractivity contribution in [2.24, 2.45) is 11.3 Å². The molecule has 0 aromatic carbocycles. The van der Waals surface area contributed by atoms with Gasteiger partial charge < -0.3 is 9.69 Å². The van der Waals surface area contributed by atoms with Gasteiger partial charge in [-0.25, -0.2) is 0 Å². The number of nitrogens with zero attached hydrogens (tertiary/aromatic N) is 1. The number of carbonyl (C=O) groups excluding carboxylic acids is 1. The van der Waals surface area contributed by atoms with E-state index in [-0.39, 0.29) is 5.41 Å². The van der Waals surface area contributed by atoms with Gasteiger partial charge in [0.2, 0.25) is 0 Å². The van der Waals surface area contributed by atoms with Crippen LogP contribution in [-0.4, -0.2) is 30.8 Å². The fraction of sp³-hybridized carbons (Fsp3) is 0.929. The van der Waals surface area contributed by atoms with Crippen LogP contribution in [0.1, 0.15) is 52.9 Å². The van der Waals surface area contributed by atoms with Gasteiger partial charge in [-0.15, -0.1) is 0 Å². The standard InChI is InChI=1S/C14H27NO/c1-4-9-14(3,12-16)11-15(5-2)10-13-7-6-8-13/h12-13H,4-11H2,1-3H3. The maximum absolute atomic E-state index is 11.2. The SMILES string of the molecule is CCCC(C)(C=O)CN(CC)CC1CCC1. The van der Waals surface area contributed by atoms with Crippen LogP contribution in [0.4, 0.5) is 0 Å². The summed E-state index contributed by atoms with van der Waals surface area (Å²) >= 11 is 0. The molecule has 1 saturated carbocycles. The van der Waals surface area contributed by atoms with Gasteiger partial charge in [-0.1, -0.05) is 33.6 Å². The van der Waals surface area contributed by atoms with E-state index in [1.807, 2.05) is 0 Å². The third kappa shape index (κ3) is 3.89. The molecule has 1 rings (SSSR count). The molecule has 0 radical (unpaired) electrons. The highest BCUT2D eigenvalue weighted by molar-refractivity contribution is 5.58. The van der Waals surface area contributed by atoms with E-state index in [2.05, 4.69) is 25.7 Å². The monoisotopic (exact) mass is 225 g/mol. The zero-order chi connectivity index (χ0) is 12.0. The highest BCUT2D eigenvalue weighted by Crippen LogP contribution is 2.29. The van der Waals surface area contributed by atoms with Crippen molar-refractivity contribution >= 4 is 6.29 Å². The molecule has 0 bridgehead atoms. The lowest BCUT2D eigenvalue weighted by Crippen LogP contribution is -2.40. The van der Waals surface area contributed by atoms with E-state index in [4.69, 9.17) is 0 Å². The lowest BCUT2D eigenvalue weighted by Gasteiger charge is -2.36. The summed E-state index contributed by atoms with van der Waals surface area (Å²) in [5, 5.41) is 0. The number of hydrogen-bond acceptors (Lipinski definition) is 2. The average molecular weight is 225 g/mol. The van der Waals surface area contributed by atoms with Gasteiger partial charge >= 0.3 is 0 Å². The first-order valence-corrected chi connectivity index (χ1v) is 6.82. The zero-order valence-corrected chi connectivity index (χ0v) is 11.2. The predicted molar refractivity (Wildman–Crippen MR) is 68.5 cm³/mol. The third-order valence-corrected chi connectivity index (χ3v) is 3.88. The molecule has 1 aliphatic rings. The van der Waals surface area contributed by atoms with Crippen LogP contribution in [0.25, 0.3) is 0 Å². The second-order valence-electron chi connectivity index (χ2n) is 5.65. The Morgan fingerprint density at radius 2 is 2.06 bits per heavy atom. The Labute approximate surface area is 100 Å². The van der Waals surface area contributed by atoms with Crippen molar-refractivity contribution in [1.82, 2.24) is 4.90 Å². The lowest BCUT2D eigenvalue weighted by molar-refractivity contribution is -0.117. The minimum absolute atomic E-state index is 0.130. The van der Waals surface area contributed by atoms with E-state index in [0.717, 1.165) is 31.8 Å². The molecule has 1 aliphatic carbocycles. The maximum Gasteiger partial charge on any atom is 0.127 e. The fourth-order valence-corrected chi connectivity index (χ4v) is 2.60. The number of hydrogen-bond donors (Lipinski definition) is 0. The largest absolute Gasteiger partial charge is 0.303 e. The van der Waals surface area contributed by atoms with Gasteiger partial charge in [-0.2, -0.15) is 0 Å². The molecule has 0 aliphatic heterocycles. The molecule has 1 atom stereocenters. The van der Waals surface area contributed by atoms with Crippen LogP contribution in [0.3, 0.4) is 0 Å². The Kier molecular flexibility index (Phi) is 5.47. The van der Waals surface area contributed by atoms with Crippen LogP contribution in [-0.2, 0) is 4.79 Å². The van der Waals surface area contributed by atoms with Crippen molar-refractivity contribution in [2.75, 3.05) is 19.6 Å². The van der Waals surface area contributed by atoms with Gasteiger partial charge in [0.1, 0.15) is 6.29 Å². The van der Waals surface area contributed by atoms with E-state index in [1.54, 1.807) is 0 Å². The van der Waals surface area contributed by atoms with Crippen LogP contribution in [0, 0.1) is 11.3 Å². The van der Waals surface area contributed by atoms with Gasteiger partial charge in [-0.3, -0.25) is 0 Å².